The van der Waals surface area contributed by atoms with Crippen LogP contribution < -0.4 is 14.8 Å². The summed E-state index contributed by atoms with van der Waals surface area (Å²) in [6.07, 6.45) is 2.50. The number of nitrogens with one attached hydrogen (secondary N) is 1. The Morgan fingerprint density at radius 2 is 2.12 bits per heavy atom. The van der Waals surface area contributed by atoms with Crippen molar-refractivity contribution in [3.05, 3.63) is 18.2 Å². The van der Waals surface area contributed by atoms with Gasteiger partial charge in [-0.05, 0) is 24.5 Å². The van der Waals surface area contributed by atoms with Gasteiger partial charge in [-0.1, -0.05) is 20.3 Å². The van der Waals surface area contributed by atoms with Crippen LogP contribution in [0.4, 0.5) is 5.69 Å². The zero-order valence-electron chi connectivity index (χ0n) is 9.95. The molecule has 88 valence electrons. The molecule has 1 unspecified atom stereocenters. The summed E-state index contributed by atoms with van der Waals surface area (Å²) in [5.74, 6) is 2.38. The summed E-state index contributed by atoms with van der Waals surface area (Å²) < 4.78 is 10.6. The van der Waals surface area contributed by atoms with Crippen molar-refractivity contribution < 1.29 is 9.47 Å². The van der Waals surface area contributed by atoms with Crippen LogP contribution in [0, 0.1) is 5.92 Å². The maximum Gasteiger partial charge on any atom is 0.231 e. The highest BCUT2D eigenvalue weighted by Gasteiger charge is 2.13. The Balaban J connectivity index is 1.90. The number of benzene rings is 1. The van der Waals surface area contributed by atoms with Gasteiger partial charge in [0.1, 0.15) is 0 Å². The second kappa shape index (κ2) is 5.10. The third-order valence-corrected chi connectivity index (χ3v) is 2.81. The predicted octanol–water partition coefficient (Wildman–Crippen LogP) is 3.26. The van der Waals surface area contributed by atoms with Crippen LogP contribution in [0.3, 0.4) is 0 Å². The van der Waals surface area contributed by atoms with Crippen molar-refractivity contribution >= 4 is 5.69 Å². The number of hydrogen-bond acceptors (Lipinski definition) is 3. The Bertz CT molecular complexity index is 352. The molecule has 0 radical (unpaired) electrons. The summed E-state index contributed by atoms with van der Waals surface area (Å²) in [5.41, 5.74) is 1.10. The minimum absolute atomic E-state index is 0.338. The molecule has 3 nitrogen and oxygen atoms in total. The van der Waals surface area contributed by atoms with Crippen molar-refractivity contribution in [2.45, 2.75) is 26.7 Å². The van der Waals surface area contributed by atoms with E-state index in [-0.39, 0.29) is 0 Å². The number of anilines is 1. The highest BCUT2D eigenvalue weighted by molar-refractivity contribution is 5.55. The van der Waals surface area contributed by atoms with Gasteiger partial charge in [0.25, 0.3) is 0 Å². The molecular formula is C13H19NO2. The topological polar surface area (TPSA) is 30.5 Å². The van der Waals surface area contributed by atoms with Crippen LogP contribution in [-0.4, -0.2) is 13.3 Å². The molecule has 3 heteroatoms. The van der Waals surface area contributed by atoms with Gasteiger partial charge in [0.2, 0.25) is 6.79 Å². The van der Waals surface area contributed by atoms with Crippen molar-refractivity contribution in [3.8, 4) is 11.5 Å². The van der Waals surface area contributed by atoms with Crippen LogP contribution >= 0.6 is 0 Å². The predicted molar refractivity (Wildman–Crippen MR) is 65.1 cm³/mol. The van der Waals surface area contributed by atoms with Crippen LogP contribution in [0.1, 0.15) is 26.7 Å². The van der Waals surface area contributed by atoms with Crippen molar-refractivity contribution in [1.29, 1.82) is 0 Å². The second-order valence-corrected chi connectivity index (χ2v) is 4.34. The smallest absolute Gasteiger partial charge is 0.231 e. The van der Waals surface area contributed by atoms with E-state index in [1.165, 1.54) is 12.8 Å². The lowest BCUT2D eigenvalue weighted by atomic mass is 10.1. The van der Waals surface area contributed by atoms with E-state index in [0.29, 0.717) is 12.7 Å². The Labute approximate surface area is 96.8 Å². The molecule has 2 rings (SSSR count). The lowest BCUT2D eigenvalue weighted by molar-refractivity contribution is 0.174. The molecule has 1 aliphatic rings. The molecule has 1 aromatic rings. The SMILES string of the molecule is CCCC(C)CNc1ccc2c(c1)OCO2. The molecule has 0 saturated heterocycles. The molecule has 16 heavy (non-hydrogen) atoms. The highest BCUT2D eigenvalue weighted by atomic mass is 16.7. The maximum atomic E-state index is 5.33. The van der Waals surface area contributed by atoms with Crippen LogP contribution in [0.2, 0.25) is 0 Å². The van der Waals surface area contributed by atoms with Gasteiger partial charge in [0.15, 0.2) is 11.5 Å². The number of fused-ring (bicyclic) bond motifs is 1. The molecule has 1 atom stereocenters. The van der Waals surface area contributed by atoms with E-state index in [9.17, 15) is 0 Å². The average molecular weight is 221 g/mol. The first-order valence-corrected chi connectivity index (χ1v) is 5.93. The van der Waals surface area contributed by atoms with Crippen molar-refractivity contribution in [1.82, 2.24) is 0 Å². The molecule has 1 aliphatic heterocycles. The standard InChI is InChI=1S/C13H19NO2/c1-3-4-10(2)8-14-11-5-6-12-13(7-11)16-9-15-12/h5-7,10,14H,3-4,8-9H2,1-2H3. The van der Waals surface area contributed by atoms with Gasteiger partial charge in [-0.15, -0.1) is 0 Å². The first kappa shape index (κ1) is 11.1. The molecule has 0 aromatic heterocycles. The fourth-order valence-electron chi connectivity index (χ4n) is 1.89. The fraction of sp³-hybridized carbons (Fsp3) is 0.538. The van der Waals surface area contributed by atoms with E-state index in [1.54, 1.807) is 0 Å². The van der Waals surface area contributed by atoms with Crippen molar-refractivity contribution in [3.63, 3.8) is 0 Å². The van der Waals surface area contributed by atoms with Gasteiger partial charge in [-0.3, -0.25) is 0 Å². The Kier molecular flexibility index (Phi) is 3.54. The normalized spacial score (nSPS) is 14.9. The zero-order chi connectivity index (χ0) is 11.4. The quantitative estimate of drug-likeness (QED) is 0.827. The van der Waals surface area contributed by atoms with Crippen molar-refractivity contribution in [2.24, 2.45) is 5.92 Å². The summed E-state index contributed by atoms with van der Waals surface area (Å²) in [6.45, 7) is 5.83. The van der Waals surface area contributed by atoms with E-state index in [0.717, 1.165) is 23.7 Å². The van der Waals surface area contributed by atoms with Crippen LogP contribution in [0.5, 0.6) is 11.5 Å². The fourth-order valence-corrected chi connectivity index (χ4v) is 1.89. The first-order valence-electron chi connectivity index (χ1n) is 5.93. The van der Waals surface area contributed by atoms with Gasteiger partial charge in [-0.25, -0.2) is 0 Å². The number of ether oxygens (including phenoxy) is 2. The third kappa shape index (κ3) is 2.60. The van der Waals surface area contributed by atoms with Crippen LogP contribution in [0.25, 0.3) is 0 Å². The van der Waals surface area contributed by atoms with Gasteiger partial charge >= 0.3 is 0 Å². The first-order chi connectivity index (χ1) is 7.79. The van der Waals surface area contributed by atoms with E-state index in [2.05, 4.69) is 19.2 Å². The van der Waals surface area contributed by atoms with Crippen LogP contribution in [-0.2, 0) is 0 Å². The summed E-state index contributed by atoms with van der Waals surface area (Å²) in [4.78, 5) is 0. The second-order valence-electron chi connectivity index (χ2n) is 4.34. The summed E-state index contributed by atoms with van der Waals surface area (Å²) >= 11 is 0. The maximum absolute atomic E-state index is 5.33. The minimum atomic E-state index is 0.338. The highest BCUT2D eigenvalue weighted by Crippen LogP contribution is 2.34. The summed E-state index contributed by atoms with van der Waals surface area (Å²) in [7, 11) is 0. The van der Waals surface area contributed by atoms with Crippen molar-refractivity contribution in [2.75, 3.05) is 18.7 Å². The Morgan fingerprint density at radius 1 is 1.31 bits per heavy atom. The largest absolute Gasteiger partial charge is 0.454 e. The average Bonchev–Trinajstić information content (AvgIpc) is 2.74. The Hall–Kier alpha value is -1.38. The monoisotopic (exact) mass is 221 g/mol. The molecule has 0 spiro atoms. The molecule has 0 aliphatic carbocycles. The number of hydrogen-bond donors (Lipinski definition) is 1. The molecule has 0 amide bonds. The molecule has 0 fully saturated rings. The Morgan fingerprint density at radius 3 is 2.94 bits per heavy atom. The van der Waals surface area contributed by atoms with E-state index >= 15 is 0 Å². The van der Waals surface area contributed by atoms with Gasteiger partial charge in [-0.2, -0.15) is 0 Å². The van der Waals surface area contributed by atoms with E-state index < -0.39 is 0 Å². The minimum Gasteiger partial charge on any atom is -0.454 e. The third-order valence-electron chi connectivity index (χ3n) is 2.81. The van der Waals surface area contributed by atoms with Gasteiger partial charge in [0, 0.05) is 18.3 Å². The van der Waals surface area contributed by atoms with Gasteiger partial charge in [0.05, 0.1) is 0 Å². The number of rotatable bonds is 5. The molecule has 1 N–H and O–H groups in total. The lowest BCUT2D eigenvalue weighted by Crippen LogP contribution is -2.10. The molecular weight excluding hydrogens is 202 g/mol. The lowest BCUT2D eigenvalue weighted by Gasteiger charge is -2.12. The molecule has 1 aromatic carbocycles. The van der Waals surface area contributed by atoms with E-state index in [4.69, 9.17) is 9.47 Å². The van der Waals surface area contributed by atoms with E-state index in [1.807, 2.05) is 18.2 Å². The molecule has 0 bridgehead atoms. The zero-order valence-corrected chi connectivity index (χ0v) is 9.95. The van der Waals surface area contributed by atoms with Gasteiger partial charge < -0.3 is 14.8 Å². The molecule has 0 saturated carbocycles. The molecule has 1 heterocycles. The summed E-state index contributed by atoms with van der Waals surface area (Å²) in [5, 5.41) is 3.42. The summed E-state index contributed by atoms with van der Waals surface area (Å²) in [6, 6.07) is 5.99. The van der Waals surface area contributed by atoms with Crippen LogP contribution in [0.15, 0.2) is 18.2 Å².